The molecule has 1 aliphatic heterocycles. The molecule has 66 valence electrons. The monoisotopic (exact) mass is 173 g/mol. The maximum Gasteiger partial charge on any atom is 0.305 e. The van der Waals surface area contributed by atoms with E-state index in [1.807, 2.05) is 13.1 Å². The highest BCUT2D eigenvalue weighted by Gasteiger charge is 2.31. The predicted octanol–water partition coefficient (Wildman–Crippen LogP) is 2.18. The van der Waals surface area contributed by atoms with Crippen molar-refractivity contribution in [1.29, 1.82) is 0 Å². The second kappa shape index (κ2) is 2.80. The molecule has 2 heteroatoms. The summed E-state index contributed by atoms with van der Waals surface area (Å²) >= 11 is 0. The molecule has 0 spiro atoms. The predicted molar refractivity (Wildman–Crippen MR) is 55.3 cm³/mol. The largest absolute Gasteiger partial charge is 0.305 e. The Kier molecular flexibility index (Phi) is 1.76. The third-order valence-electron chi connectivity index (χ3n) is 2.66. The number of nitrogens with zero attached hydrogens (tertiary/aromatic N) is 2. The van der Waals surface area contributed by atoms with Crippen LogP contribution in [0.15, 0.2) is 29.3 Å². The summed E-state index contributed by atoms with van der Waals surface area (Å²) in [5, 5.41) is 0. The van der Waals surface area contributed by atoms with Gasteiger partial charge < -0.3 is 0 Å². The molecule has 13 heavy (non-hydrogen) atoms. The van der Waals surface area contributed by atoms with Gasteiger partial charge in [-0.2, -0.15) is 0 Å². The number of para-hydroxylation sites is 1. The van der Waals surface area contributed by atoms with Crippen LogP contribution in [-0.4, -0.2) is 24.2 Å². The minimum atomic E-state index is 0.374. The molecule has 2 nitrogen and oxygen atoms in total. The van der Waals surface area contributed by atoms with E-state index in [1.54, 1.807) is 0 Å². The Hall–Kier alpha value is -1.44. The third-order valence-corrected chi connectivity index (χ3v) is 2.66. The van der Waals surface area contributed by atoms with E-state index in [1.165, 1.54) is 11.3 Å². The Morgan fingerprint density at radius 1 is 1.38 bits per heavy atom. The molecule has 0 aliphatic carbocycles. The van der Waals surface area contributed by atoms with Crippen LogP contribution in [0, 0.1) is 0 Å². The van der Waals surface area contributed by atoms with Crippen molar-refractivity contribution in [2.75, 3.05) is 7.05 Å². The van der Waals surface area contributed by atoms with Gasteiger partial charge in [0.05, 0.1) is 13.0 Å². The smallest absolute Gasteiger partial charge is 0.230 e. The van der Waals surface area contributed by atoms with Crippen LogP contribution in [0.25, 0.3) is 0 Å². The number of fused-ring (bicyclic) bond motifs is 1. The van der Waals surface area contributed by atoms with Gasteiger partial charge in [0.2, 0.25) is 0 Å². The first-order valence-electron chi connectivity index (χ1n) is 4.42. The van der Waals surface area contributed by atoms with Gasteiger partial charge in [-0.05, 0) is 13.0 Å². The lowest BCUT2D eigenvalue weighted by atomic mass is 10.0. The minimum Gasteiger partial charge on any atom is -0.230 e. The second-order valence-corrected chi connectivity index (χ2v) is 3.36. The Bertz CT molecular complexity index is 391. The van der Waals surface area contributed by atoms with Crippen LogP contribution in [0.4, 0.5) is 5.69 Å². The standard InChI is InChI=1S/C11H13N2/c1-8-9-6-4-5-7-10(9)13(3)11(8)12-2/h4-8H,2H2,1,3H3/q+1. The molecule has 0 N–H and O–H groups in total. The average Bonchev–Trinajstić information content (AvgIpc) is 2.41. The molecule has 0 saturated heterocycles. The summed E-state index contributed by atoms with van der Waals surface area (Å²) < 4.78 is 2.10. The molecular formula is C11H13N2+. The number of benzene rings is 1. The van der Waals surface area contributed by atoms with Gasteiger partial charge in [-0.15, -0.1) is 0 Å². The summed E-state index contributed by atoms with van der Waals surface area (Å²) in [4.78, 5) is 4.06. The fourth-order valence-electron chi connectivity index (χ4n) is 1.96. The summed E-state index contributed by atoms with van der Waals surface area (Å²) in [6.07, 6.45) is 0. The van der Waals surface area contributed by atoms with Crippen molar-refractivity contribution in [3.8, 4) is 0 Å². The van der Waals surface area contributed by atoms with Gasteiger partial charge in [0.25, 0.3) is 0 Å². The highest BCUT2D eigenvalue weighted by atomic mass is 15.1. The lowest BCUT2D eigenvalue weighted by Crippen LogP contribution is -2.08. The van der Waals surface area contributed by atoms with E-state index in [0.29, 0.717) is 5.92 Å². The lowest BCUT2D eigenvalue weighted by molar-refractivity contribution is -0.402. The van der Waals surface area contributed by atoms with Crippen LogP contribution in [0.5, 0.6) is 0 Å². The van der Waals surface area contributed by atoms with Crippen LogP contribution in [0.1, 0.15) is 18.4 Å². The normalized spacial score (nSPS) is 20.3. The van der Waals surface area contributed by atoms with E-state index in [2.05, 4.69) is 41.4 Å². The van der Waals surface area contributed by atoms with E-state index in [9.17, 15) is 0 Å². The number of hydrogen-bond donors (Lipinski definition) is 0. The molecule has 0 bridgehead atoms. The Labute approximate surface area is 78.3 Å². The maximum absolute atomic E-state index is 4.06. The van der Waals surface area contributed by atoms with Crippen molar-refractivity contribution in [3.05, 3.63) is 29.8 Å². The lowest BCUT2D eigenvalue weighted by Gasteiger charge is -1.98. The molecular weight excluding hydrogens is 160 g/mol. The quantitative estimate of drug-likeness (QED) is 0.422. The maximum atomic E-state index is 4.06. The number of amidine groups is 1. The van der Waals surface area contributed by atoms with Gasteiger partial charge in [0, 0.05) is 5.56 Å². The zero-order valence-electron chi connectivity index (χ0n) is 7.99. The Balaban J connectivity index is 2.64. The molecule has 1 atom stereocenters. The van der Waals surface area contributed by atoms with Crippen LogP contribution < -0.4 is 0 Å². The number of rotatable bonds is 0. The first kappa shape index (κ1) is 8.17. The van der Waals surface area contributed by atoms with Crippen LogP contribution in [-0.2, 0) is 0 Å². The topological polar surface area (TPSA) is 15.4 Å². The highest BCUT2D eigenvalue weighted by Crippen LogP contribution is 2.33. The SMILES string of the molecule is C=NC1=[N+](C)c2ccccc2C1C. The van der Waals surface area contributed by atoms with Crippen molar-refractivity contribution >= 4 is 18.2 Å². The van der Waals surface area contributed by atoms with Crippen molar-refractivity contribution in [1.82, 2.24) is 0 Å². The summed E-state index contributed by atoms with van der Waals surface area (Å²) in [6, 6.07) is 8.38. The van der Waals surface area contributed by atoms with Gasteiger partial charge in [-0.1, -0.05) is 23.2 Å². The summed E-state index contributed by atoms with van der Waals surface area (Å²) in [5.74, 6) is 1.42. The molecule has 0 amide bonds. The molecule has 1 aromatic rings. The zero-order valence-corrected chi connectivity index (χ0v) is 7.99. The minimum absolute atomic E-state index is 0.374. The summed E-state index contributed by atoms with van der Waals surface area (Å²) in [7, 11) is 2.03. The molecule has 1 aromatic carbocycles. The van der Waals surface area contributed by atoms with E-state index in [4.69, 9.17) is 0 Å². The molecule has 0 fully saturated rings. The zero-order chi connectivity index (χ0) is 9.42. The molecule has 1 heterocycles. The molecule has 0 radical (unpaired) electrons. The van der Waals surface area contributed by atoms with E-state index >= 15 is 0 Å². The molecule has 1 unspecified atom stereocenters. The fraction of sp³-hybridized carbons (Fsp3) is 0.273. The van der Waals surface area contributed by atoms with Gasteiger partial charge in [0.15, 0.2) is 0 Å². The van der Waals surface area contributed by atoms with Crippen LogP contribution in [0.3, 0.4) is 0 Å². The summed E-state index contributed by atoms with van der Waals surface area (Å²) in [6.45, 7) is 5.76. The van der Waals surface area contributed by atoms with Crippen LogP contribution >= 0.6 is 0 Å². The Morgan fingerprint density at radius 3 is 2.69 bits per heavy atom. The van der Waals surface area contributed by atoms with Gasteiger partial charge in [-0.3, -0.25) is 0 Å². The number of hydrogen-bond acceptors (Lipinski definition) is 1. The summed E-state index contributed by atoms with van der Waals surface area (Å²) in [5.41, 5.74) is 2.59. The third kappa shape index (κ3) is 1.02. The van der Waals surface area contributed by atoms with E-state index in [-0.39, 0.29) is 0 Å². The molecule has 1 aliphatic rings. The molecule has 2 rings (SSSR count). The highest BCUT2D eigenvalue weighted by molar-refractivity contribution is 5.92. The van der Waals surface area contributed by atoms with Crippen LogP contribution in [0.2, 0.25) is 0 Å². The van der Waals surface area contributed by atoms with Crippen molar-refractivity contribution in [3.63, 3.8) is 0 Å². The molecule has 0 aromatic heterocycles. The number of aliphatic imine (C=N–C) groups is 1. The van der Waals surface area contributed by atoms with E-state index in [0.717, 1.165) is 5.84 Å². The van der Waals surface area contributed by atoms with Gasteiger partial charge in [-0.25, -0.2) is 4.58 Å². The van der Waals surface area contributed by atoms with E-state index < -0.39 is 0 Å². The molecule has 0 saturated carbocycles. The first-order chi connectivity index (χ1) is 6.25. The van der Waals surface area contributed by atoms with Crippen molar-refractivity contribution in [2.24, 2.45) is 4.99 Å². The van der Waals surface area contributed by atoms with Crippen molar-refractivity contribution in [2.45, 2.75) is 12.8 Å². The second-order valence-electron chi connectivity index (χ2n) is 3.36. The fourth-order valence-corrected chi connectivity index (χ4v) is 1.96. The van der Waals surface area contributed by atoms with Gasteiger partial charge >= 0.3 is 5.84 Å². The van der Waals surface area contributed by atoms with Crippen molar-refractivity contribution < 1.29 is 4.58 Å². The average molecular weight is 173 g/mol. The first-order valence-corrected chi connectivity index (χ1v) is 4.42. The van der Waals surface area contributed by atoms with Gasteiger partial charge in [0.1, 0.15) is 12.4 Å². The Morgan fingerprint density at radius 2 is 2.08 bits per heavy atom.